The summed E-state index contributed by atoms with van der Waals surface area (Å²) in [7, 11) is 0. The molecule has 3 N–H and O–H groups in total. The summed E-state index contributed by atoms with van der Waals surface area (Å²) in [4.78, 5) is 8.53. The largest absolute Gasteiger partial charge is 0.384 e. The highest BCUT2D eigenvalue weighted by Crippen LogP contribution is 2.16. The molecule has 5 nitrogen and oxygen atoms in total. The number of nitrogens with zero attached hydrogens (tertiary/aromatic N) is 2. The van der Waals surface area contributed by atoms with E-state index in [0.717, 1.165) is 44.2 Å². The second-order valence-electron chi connectivity index (χ2n) is 4.39. The minimum atomic E-state index is 0.531. The van der Waals surface area contributed by atoms with Gasteiger partial charge in [0.2, 0.25) is 0 Å². The van der Waals surface area contributed by atoms with E-state index in [1.54, 1.807) is 6.07 Å². The van der Waals surface area contributed by atoms with E-state index >= 15 is 0 Å². The summed E-state index contributed by atoms with van der Waals surface area (Å²) in [6, 6.07) is 1.78. The maximum absolute atomic E-state index is 5.72. The van der Waals surface area contributed by atoms with Crippen LogP contribution in [0.25, 0.3) is 0 Å². The van der Waals surface area contributed by atoms with E-state index in [1.807, 2.05) is 6.92 Å². The minimum absolute atomic E-state index is 0.531. The molecule has 0 amide bonds. The molecule has 1 atom stereocenters. The van der Waals surface area contributed by atoms with Crippen molar-refractivity contribution < 1.29 is 4.74 Å². The van der Waals surface area contributed by atoms with Crippen molar-refractivity contribution in [3.05, 3.63) is 11.9 Å². The summed E-state index contributed by atoms with van der Waals surface area (Å²) in [6.45, 7) is 4.74. The van der Waals surface area contributed by atoms with Gasteiger partial charge in [-0.3, -0.25) is 0 Å². The summed E-state index contributed by atoms with van der Waals surface area (Å²) >= 11 is 0. The van der Waals surface area contributed by atoms with Gasteiger partial charge in [-0.15, -0.1) is 0 Å². The number of anilines is 2. The summed E-state index contributed by atoms with van der Waals surface area (Å²) in [5.74, 6) is 2.83. The second kappa shape index (κ2) is 5.82. The highest BCUT2D eigenvalue weighted by molar-refractivity contribution is 5.44. The van der Waals surface area contributed by atoms with E-state index in [4.69, 9.17) is 10.5 Å². The number of aryl methyl sites for hydroxylation is 1. The van der Waals surface area contributed by atoms with E-state index < -0.39 is 0 Å². The normalized spacial score (nSPS) is 19.5. The number of rotatable bonds is 5. The van der Waals surface area contributed by atoms with Gasteiger partial charge in [-0.25, -0.2) is 9.97 Å². The highest BCUT2D eigenvalue weighted by Gasteiger charge is 2.14. The van der Waals surface area contributed by atoms with Crippen molar-refractivity contribution >= 4 is 11.6 Å². The summed E-state index contributed by atoms with van der Waals surface area (Å²) in [6.07, 6.45) is 3.09. The van der Waals surface area contributed by atoms with E-state index in [2.05, 4.69) is 15.3 Å². The van der Waals surface area contributed by atoms with Crippen LogP contribution < -0.4 is 11.1 Å². The fraction of sp³-hybridized carbons (Fsp3) is 0.667. The molecule has 2 rings (SSSR count). The van der Waals surface area contributed by atoms with E-state index in [-0.39, 0.29) is 0 Å². The van der Waals surface area contributed by atoms with Gasteiger partial charge < -0.3 is 15.8 Å². The van der Waals surface area contributed by atoms with Crippen LogP contribution in [0.2, 0.25) is 0 Å². The molecule has 5 heteroatoms. The van der Waals surface area contributed by atoms with Gasteiger partial charge >= 0.3 is 0 Å². The number of nitrogens with one attached hydrogen (secondary N) is 1. The average Bonchev–Trinajstić information content (AvgIpc) is 2.81. The van der Waals surface area contributed by atoms with Crippen LogP contribution in [0.15, 0.2) is 6.07 Å². The van der Waals surface area contributed by atoms with Crippen molar-refractivity contribution in [1.29, 1.82) is 0 Å². The maximum atomic E-state index is 5.72. The monoisotopic (exact) mass is 236 g/mol. The van der Waals surface area contributed by atoms with Crippen LogP contribution in [-0.2, 0) is 11.2 Å². The van der Waals surface area contributed by atoms with Crippen LogP contribution in [0.5, 0.6) is 0 Å². The van der Waals surface area contributed by atoms with Crippen LogP contribution in [0.3, 0.4) is 0 Å². The molecule has 0 bridgehead atoms. The van der Waals surface area contributed by atoms with Crippen molar-refractivity contribution in [2.24, 2.45) is 5.92 Å². The molecule has 1 aliphatic heterocycles. The van der Waals surface area contributed by atoms with Gasteiger partial charge in [0.15, 0.2) is 0 Å². The molecule has 1 saturated heterocycles. The smallest absolute Gasteiger partial charge is 0.132 e. The first-order valence-corrected chi connectivity index (χ1v) is 6.23. The molecule has 0 spiro atoms. The summed E-state index contributed by atoms with van der Waals surface area (Å²) in [5, 5.41) is 3.30. The number of hydrogen-bond donors (Lipinski definition) is 2. The van der Waals surface area contributed by atoms with Crippen LogP contribution >= 0.6 is 0 Å². The number of nitrogen functional groups attached to an aromatic ring is 1. The Labute approximate surface area is 102 Å². The maximum Gasteiger partial charge on any atom is 0.132 e. The van der Waals surface area contributed by atoms with Crippen molar-refractivity contribution in [3.8, 4) is 0 Å². The zero-order valence-corrected chi connectivity index (χ0v) is 10.3. The molecule has 94 valence electrons. The number of aromatic nitrogens is 2. The van der Waals surface area contributed by atoms with Gasteiger partial charge in [-0.1, -0.05) is 6.92 Å². The Balaban J connectivity index is 1.83. The van der Waals surface area contributed by atoms with Gasteiger partial charge in [-0.05, 0) is 18.8 Å². The third-order valence-corrected chi connectivity index (χ3v) is 2.99. The molecule has 2 heterocycles. The Hall–Kier alpha value is -1.36. The SMILES string of the molecule is CCc1nc(N)cc(NCCC2CCOC2)n1. The third-order valence-electron chi connectivity index (χ3n) is 2.99. The van der Waals surface area contributed by atoms with Crippen LogP contribution in [0, 0.1) is 5.92 Å². The van der Waals surface area contributed by atoms with Gasteiger partial charge in [-0.2, -0.15) is 0 Å². The van der Waals surface area contributed by atoms with E-state index in [9.17, 15) is 0 Å². The summed E-state index contributed by atoms with van der Waals surface area (Å²) < 4.78 is 5.34. The van der Waals surface area contributed by atoms with Crippen LogP contribution in [-0.4, -0.2) is 29.7 Å². The van der Waals surface area contributed by atoms with Gasteiger partial charge in [0, 0.05) is 32.2 Å². The van der Waals surface area contributed by atoms with Gasteiger partial charge in [0.05, 0.1) is 0 Å². The average molecular weight is 236 g/mol. The highest BCUT2D eigenvalue weighted by atomic mass is 16.5. The zero-order chi connectivity index (χ0) is 12.1. The van der Waals surface area contributed by atoms with E-state index in [0.29, 0.717) is 11.7 Å². The molecule has 17 heavy (non-hydrogen) atoms. The third kappa shape index (κ3) is 3.56. The van der Waals surface area contributed by atoms with Crippen molar-refractivity contribution in [2.45, 2.75) is 26.2 Å². The predicted octanol–water partition coefficient (Wildman–Crippen LogP) is 1.46. The standard InChI is InChI=1S/C12H20N4O/c1-2-11-15-10(13)7-12(16-11)14-5-3-9-4-6-17-8-9/h7,9H,2-6,8H2,1H3,(H3,13,14,15,16). The molecular formula is C12H20N4O. The molecule has 1 aromatic heterocycles. The minimum Gasteiger partial charge on any atom is -0.384 e. The van der Waals surface area contributed by atoms with Crippen LogP contribution in [0.1, 0.15) is 25.6 Å². The number of hydrogen-bond acceptors (Lipinski definition) is 5. The lowest BCUT2D eigenvalue weighted by Crippen LogP contribution is -2.11. The first kappa shape index (κ1) is 12.1. The Bertz CT molecular complexity index is 364. The Morgan fingerprint density at radius 3 is 3.12 bits per heavy atom. The predicted molar refractivity (Wildman–Crippen MR) is 67.9 cm³/mol. The number of ether oxygens (including phenoxy) is 1. The molecule has 0 aliphatic carbocycles. The second-order valence-corrected chi connectivity index (χ2v) is 4.39. The molecule has 1 aliphatic rings. The molecule has 1 unspecified atom stereocenters. The van der Waals surface area contributed by atoms with Gasteiger partial charge in [0.25, 0.3) is 0 Å². The lowest BCUT2D eigenvalue weighted by Gasteiger charge is -2.10. The Morgan fingerprint density at radius 1 is 1.53 bits per heavy atom. The quantitative estimate of drug-likeness (QED) is 0.809. The van der Waals surface area contributed by atoms with Crippen molar-refractivity contribution in [2.75, 3.05) is 30.8 Å². The topological polar surface area (TPSA) is 73.1 Å². The van der Waals surface area contributed by atoms with Crippen molar-refractivity contribution in [3.63, 3.8) is 0 Å². The Kier molecular flexibility index (Phi) is 4.14. The zero-order valence-electron chi connectivity index (χ0n) is 10.3. The molecule has 1 fully saturated rings. The molecule has 1 aromatic rings. The van der Waals surface area contributed by atoms with Gasteiger partial charge in [0.1, 0.15) is 17.5 Å². The van der Waals surface area contributed by atoms with Crippen LogP contribution in [0.4, 0.5) is 11.6 Å². The molecule has 0 aromatic carbocycles. The first-order valence-electron chi connectivity index (χ1n) is 6.23. The molecule has 0 radical (unpaired) electrons. The van der Waals surface area contributed by atoms with Crippen molar-refractivity contribution in [1.82, 2.24) is 9.97 Å². The fourth-order valence-electron chi connectivity index (χ4n) is 1.98. The lowest BCUT2D eigenvalue weighted by molar-refractivity contribution is 0.185. The number of nitrogens with two attached hydrogens (primary N) is 1. The molecular weight excluding hydrogens is 216 g/mol. The Morgan fingerprint density at radius 2 is 2.41 bits per heavy atom. The molecule has 0 saturated carbocycles. The fourth-order valence-corrected chi connectivity index (χ4v) is 1.98. The first-order chi connectivity index (χ1) is 8.28. The van der Waals surface area contributed by atoms with E-state index in [1.165, 1.54) is 6.42 Å². The lowest BCUT2D eigenvalue weighted by atomic mass is 10.1. The summed E-state index contributed by atoms with van der Waals surface area (Å²) in [5.41, 5.74) is 5.72.